The van der Waals surface area contributed by atoms with Gasteiger partial charge in [0.25, 0.3) is 5.91 Å². The fraction of sp³-hybridized carbons (Fsp3) is 0.385. The number of aryl methyl sites for hydroxylation is 2. The van der Waals surface area contributed by atoms with Gasteiger partial charge >= 0.3 is 5.97 Å². The summed E-state index contributed by atoms with van der Waals surface area (Å²) >= 11 is 0. The minimum atomic E-state index is -1.02. The fourth-order valence-corrected chi connectivity index (χ4v) is 1.60. The largest absolute Gasteiger partial charge is 0.480 e. The fourth-order valence-electron chi connectivity index (χ4n) is 1.60. The molecule has 1 aromatic rings. The van der Waals surface area contributed by atoms with E-state index in [-0.39, 0.29) is 19.1 Å². The van der Waals surface area contributed by atoms with Gasteiger partial charge in [-0.1, -0.05) is 17.2 Å². The highest BCUT2D eigenvalue weighted by molar-refractivity contribution is 5.94. The zero-order valence-electron chi connectivity index (χ0n) is 10.5. The van der Waals surface area contributed by atoms with Crippen molar-refractivity contribution in [1.29, 1.82) is 0 Å². The zero-order chi connectivity index (χ0) is 13.5. The molecule has 2 N–H and O–H groups in total. The Labute approximate surface area is 106 Å². The van der Waals surface area contributed by atoms with Crippen molar-refractivity contribution in [3.63, 3.8) is 0 Å². The van der Waals surface area contributed by atoms with Gasteiger partial charge in [0, 0.05) is 12.1 Å². The molecule has 98 valence electrons. The van der Waals surface area contributed by atoms with E-state index >= 15 is 0 Å². The molecule has 0 aromatic heterocycles. The van der Waals surface area contributed by atoms with Crippen LogP contribution in [0, 0.1) is 13.8 Å². The van der Waals surface area contributed by atoms with Crippen LogP contribution in [0.3, 0.4) is 0 Å². The van der Waals surface area contributed by atoms with Crippen LogP contribution in [0.2, 0.25) is 0 Å². The number of hydrogen-bond acceptors (Lipinski definition) is 3. The van der Waals surface area contributed by atoms with E-state index < -0.39 is 5.97 Å². The highest BCUT2D eigenvalue weighted by Crippen LogP contribution is 2.08. The van der Waals surface area contributed by atoms with E-state index in [4.69, 9.17) is 9.84 Å². The van der Waals surface area contributed by atoms with Crippen molar-refractivity contribution < 1.29 is 19.4 Å². The van der Waals surface area contributed by atoms with E-state index in [9.17, 15) is 9.59 Å². The van der Waals surface area contributed by atoms with Crippen molar-refractivity contribution in [1.82, 2.24) is 5.32 Å². The number of hydrogen-bond donors (Lipinski definition) is 2. The standard InChI is InChI=1S/C13H17NO4/c1-9-5-10(2)7-11(6-9)13(17)14-3-4-18-8-12(15)16/h5-7H,3-4,8H2,1-2H3,(H,14,17)(H,15,16). The molecule has 0 saturated carbocycles. The summed E-state index contributed by atoms with van der Waals surface area (Å²) < 4.78 is 4.81. The molecule has 0 aliphatic rings. The van der Waals surface area contributed by atoms with Crippen LogP contribution in [0.4, 0.5) is 0 Å². The number of carboxylic acid groups (broad SMARTS) is 1. The first kappa shape index (κ1) is 14.2. The van der Waals surface area contributed by atoms with Crippen LogP contribution in [-0.2, 0) is 9.53 Å². The number of carbonyl (C=O) groups is 2. The normalized spacial score (nSPS) is 10.1. The molecule has 0 atom stereocenters. The van der Waals surface area contributed by atoms with Crippen molar-refractivity contribution in [3.8, 4) is 0 Å². The number of carboxylic acids is 1. The van der Waals surface area contributed by atoms with Gasteiger partial charge in [0.1, 0.15) is 6.61 Å². The Morgan fingerprint density at radius 3 is 2.39 bits per heavy atom. The van der Waals surface area contributed by atoms with Crippen molar-refractivity contribution in [2.24, 2.45) is 0 Å². The predicted octanol–water partition coefficient (Wildman–Crippen LogP) is 1.13. The van der Waals surface area contributed by atoms with Crippen LogP contribution in [0.25, 0.3) is 0 Å². The van der Waals surface area contributed by atoms with Crippen molar-refractivity contribution in [2.75, 3.05) is 19.8 Å². The number of rotatable bonds is 6. The van der Waals surface area contributed by atoms with Gasteiger partial charge in [0.15, 0.2) is 0 Å². The van der Waals surface area contributed by atoms with E-state index in [0.717, 1.165) is 11.1 Å². The van der Waals surface area contributed by atoms with Gasteiger partial charge in [-0.25, -0.2) is 4.79 Å². The molecule has 0 spiro atoms. The predicted molar refractivity (Wildman–Crippen MR) is 66.7 cm³/mol. The Bertz CT molecular complexity index is 422. The molecule has 0 saturated heterocycles. The number of ether oxygens (including phenoxy) is 1. The van der Waals surface area contributed by atoms with Crippen molar-refractivity contribution >= 4 is 11.9 Å². The lowest BCUT2D eigenvalue weighted by atomic mass is 10.1. The van der Waals surface area contributed by atoms with Gasteiger partial charge in [-0.3, -0.25) is 4.79 Å². The van der Waals surface area contributed by atoms with E-state index in [1.807, 2.05) is 19.9 Å². The lowest BCUT2D eigenvalue weighted by Gasteiger charge is -2.07. The molecule has 1 aromatic carbocycles. The molecule has 1 amide bonds. The van der Waals surface area contributed by atoms with Crippen molar-refractivity contribution in [3.05, 3.63) is 34.9 Å². The molecule has 18 heavy (non-hydrogen) atoms. The second-order valence-electron chi connectivity index (χ2n) is 4.08. The van der Waals surface area contributed by atoms with Crippen LogP contribution < -0.4 is 5.32 Å². The Balaban J connectivity index is 2.38. The maximum atomic E-state index is 11.8. The smallest absolute Gasteiger partial charge is 0.329 e. The Hall–Kier alpha value is -1.88. The first-order chi connectivity index (χ1) is 8.49. The lowest BCUT2D eigenvalue weighted by Crippen LogP contribution is -2.28. The molecular weight excluding hydrogens is 234 g/mol. The van der Waals surface area contributed by atoms with Gasteiger partial charge in [0.05, 0.1) is 6.61 Å². The summed E-state index contributed by atoms with van der Waals surface area (Å²) in [7, 11) is 0. The minimum absolute atomic E-state index is 0.180. The molecule has 5 nitrogen and oxygen atoms in total. The Morgan fingerprint density at radius 1 is 1.22 bits per heavy atom. The van der Waals surface area contributed by atoms with Crippen LogP contribution in [0.15, 0.2) is 18.2 Å². The number of nitrogens with one attached hydrogen (secondary N) is 1. The van der Waals surface area contributed by atoms with Crippen molar-refractivity contribution in [2.45, 2.75) is 13.8 Å². The van der Waals surface area contributed by atoms with Gasteiger partial charge in [-0.2, -0.15) is 0 Å². The molecule has 0 bridgehead atoms. The number of benzene rings is 1. The van der Waals surface area contributed by atoms with Gasteiger partial charge < -0.3 is 15.2 Å². The molecule has 0 radical (unpaired) electrons. The lowest BCUT2D eigenvalue weighted by molar-refractivity contribution is -0.142. The van der Waals surface area contributed by atoms with Gasteiger partial charge in [-0.05, 0) is 26.0 Å². The Morgan fingerprint density at radius 2 is 1.83 bits per heavy atom. The van der Waals surface area contributed by atoms with Gasteiger partial charge in [0.2, 0.25) is 0 Å². The molecule has 1 rings (SSSR count). The zero-order valence-corrected chi connectivity index (χ0v) is 10.5. The van der Waals surface area contributed by atoms with E-state index in [1.54, 1.807) is 12.1 Å². The molecule has 0 aliphatic carbocycles. The van der Waals surface area contributed by atoms with E-state index in [2.05, 4.69) is 5.32 Å². The summed E-state index contributed by atoms with van der Waals surface area (Å²) in [4.78, 5) is 21.9. The highest BCUT2D eigenvalue weighted by atomic mass is 16.5. The number of aliphatic carboxylic acids is 1. The molecule has 5 heteroatoms. The molecule has 0 fully saturated rings. The van der Waals surface area contributed by atoms with Gasteiger partial charge in [-0.15, -0.1) is 0 Å². The Kier molecular flexibility index (Phi) is 5.32. The third kappa shape index (κ3) is 4.97. The maximum Gasteiger partial charge on any atom is 0.329 e. The number of amides is 1. The first-order valence-electron chi connectivity index (χ1n) is 5.65. The van der Waals surface area contributed by atoms with E-state index in [1.165, 1.54) is 0 Å². The van der Waals surface area contributed by atoms with Crippen LogP contribution in [0.5, 0.6) is 0 Å². The number of carbonyl (C=O) groups excluding carboxylic acids is 1. The summed E-state index contributed by atoms with van der Waals surface area (Å²) in [6.45, 7) is 3.99. The summed E-state index contributed by atoms with van der Waals surface area (Å²) in [5.74, 6) is -1.20. The topological polar surface area (TPSA) is 75.6 Å². The molecular formula is C13H17NO4. The first-order valence-corrected chi connectivity index (χ1v) is 5.65. The molecule has 0 heterocycles. The van der Waals surface area contributed by atoms with E-state index in [0.29, 0.717) is 12.1 Å². The average molecular weight is 251 g/mol. The third-order valence-corrected chi connectivity index (χ3v) is 2.24. The SMILES string of the molecule is Cc1cc(C)cc(C(=O)NCCOCC(=O)O)c1. The summed E-state index contributed by atoms with van der Waals surface area (Å²) in [6, 6.07) is 5.60. The average Bonchev–Trinajstić information content (AvgIpc) is 2.26. The molecule has 0 unspecified atom stereocenters. The highest BCUT2D eigenvalue weighted by Gasteiger charge is 2.06. The third-order valence-electron chi connectivity index (χ3n) is 2.24. The minimum Gasteiger partial charge on any atom is -0.480 e. The summed E-state index contributed by atoms with van der Waals surface area (Å²) in [5.41, 5.74) is 2.66. The second-order valence-corrected chi connectivity index (χ2v) is 4.08. The monoisotopic (exact) mass is 251 g/mol. The van der Waals surface area contributed by atoms with Crippen LogP contribution in [-0.4, -0.2) is 36.7 Å². The quantitative estimate of drug-likeness (QED) is 0.743. The van der Waals surface area contributed by atoms with Crippen LogP contribution in [0.1, 0.15) is 21.5 Å². The van der Waals surface area contributed by atoms with Crippen LogP contribution >= 0.6 is 0 Å². The summed E-state index contributed by atoms with van der Waals surface area (Å²) in [5, 5.41) is 11.0. The second kappa shape index (κ2) is 6.76. The summed E-state index contributed by atoms with van der Waals surface area (Å²) in [6.07, 6.45) is 0. The molecule has 0 aliphatic heterocycles. The maximum absolute atomic E-state index is 11.8.